The van der Waals surface area contributed by atoms with Gasteiger partial charge in [-0.15, -0.1) is 0 Å². The van der Waals surface area contributed by atoms with Crippen LogP contribution in [0.3, 0.4) is 0 Å². The van der Waals surface area contributed by atoms with Crippen molar-refractivity contribution < 1.29 is 14.0 Å². The molecule has 0 aliphatic heterocycles. The summed E-state index contributed by atoms with van der Waals surface area (Å²) in [5.74, 6) is -0.205. The fraction of sp³-hybridized carbons (Fsp3) is 0.357. The Morgan fingerprint density at radius 3 is 2.81 bits per heavy atom. The van der Waals surface area contributed by atoms with Crippen LogP contribution in [-0.2, 0) is 9.59 Å². The minimum absolute atomic E-state index is 0.0509. The van der Waals surface area contributed by atoms with E-state index < -0.39 is 0 Å². The lowest BCUT2D eigenvalue weighted by molar-refractivity contribution is -0.132. The van der Waals surface area contributed by atoms with Gasteiger partial charge in [-0.2, -0.15) is 0 Å². The van der Waals surface area contributed by atoms with E-state index in [1.807, 2.05) is 24.3 Å². The van der Waals surface area contributed by atoms with E-state index in [4.69, 9.17) is 4.42 Å². The molecule has 2 N–H and O–H groups in total. The van der Waals surface area contributed by atoms with Crippen LogP contribution in [0, 0.1) is 5.92 Å². The summed E-state index contributed by atoms with van der Waals surface area (Å²) in [6, 6.07) is 7.42. The van der Waals surface area contributed by atoms with Crippen LogP contribution in [0.15, 0.2) is 33.9 Å². The molecule has 1 saturated carbocycles. The number of nitrogens with one attached hydrogen (secondary N) is 2. The first kappa shape index (κ1) is 13.9. The maximum absolute atomic E-state index is 11.6. The number of oxazole rings is 1. The van der Waals surface area contributed by atoms with Crippen LogP contribution < -0.4 is 10.9 Å². The number of hydrogen-bond donors (Lipinski definition) is 2. The highest BCUT2D eigenvalue weighted by Gasteiger charge is 2.25. The van der Waals surface area contributed by atoms with Gasteiger partial charge < -0.3 is 4.42 Å². The van der Waals surface area contributed by atoms with Gasteiger partial charge in [0.1, 0.15) is 5.52 Å². The van der Waals surface area contributed by atoms with Gasteiger partial charge in [0.05, 0.1) is 5.75 Å². The van der Waals surface area contributed by atoms with Crippen molar-refractivity contribution in [1.29, 1.82) is 0 Å². The molecule has 1 aromatic heterocycles. The van der Waals surface area contributed by atoms with Gasteiger partial charge in [0.25, 0.3) is 5.22 Å². The van der Waals surface area contributed by atoms with Crippen LogP contribution in [0.25, 0.3) is 11.1 Å². The number of amides is 2. The Balaban J connectivity index is 1.45. The normalized spacial score (nSPS) is 14.7. The van der Waals surface area contributed by atoms with E-state index in [1.54, 1.807) is 0 Å². The van der Waals surface area contributed by atoms with Gasteiger partial charge >= 0.3 is 0 Å². The molecule has 1 aromatic carbocycles. The quantitative estimate of drug-likeness (QED) is 0.665. The summed E-state index contributed by atoms with van der Waals surface area (Å²) in [6.45, 7) is 0. The number of rotatable bonds is 4. The van der Waals surface area contributed by atoms with Crippen molar-refractivity contribution >= 4 is 34.7 Å². The molecule has 2 amide bonds. The average molecular weight is 305 g/mol. The smallest absolute Gasteiger partial charge is 0.257 e. The van der Waals surface area contributed by atoms with Crippen molar-refractivity contribution in [1.82, 2.24) is 15.8 Å². The van der Waals surface area contributed by atoms with E-state index in [0.29, 0.717) is 10.8 Å². The molecule has 0 spiro atoms. The molecule has 0 unspecified atom stereocenters. The van der Waals surface area contributed by atoms with E-state index in [1.165, 1.54) is 11.8 Å². The maximum Gasteiger partial charge on any atom is 0.257 e. The monoisotopic (exact) mass is 305 g/mol. The van der Waals surface area contributed by atoms with Gasteiger partial charge in [-0.3, -0.25) is 20.4 Å². The van der Waals surface area contributed by atoms with Gasteiger partial charge in [-0.05, 0) is 25.0 Å². The summed E-state index contributed by atoms with van der Waals surface area (Å²) < 4.78 is 5.49. The van der Waals surface area contributed by atoms with Crippen molar-refractivity contribution in [3.63, 3.8) is 0 Å². The van der Waals surface area contributed by atoms with Gasteiger partial charge in [0.2, 0.25) is 11.8 Å². The molecule has 1 aliphatic carbocycles. The lowest BCUT2D eigenvalue weighted by Crippen LogP contribution is -2.46. The zero-order valence-electron chi connectivity index (χ0n) is 11.3. The van der Waals surface area contributed by atoms with Crippen LogP contribution >= 0.6 is 11.8 Å². The van der Waals surface area contributed by atoms with Crippen LogP contribution in [0.5, 0.6) is 0 Å². The first-order valence-electron chi connectivity index (χ1n) is 6.79. The third kappa shape index (κ3) is 3.36. The summed E-state index contributed by atoms with van der Waals surface area (Å²) in [5, 5.41) is 0.441. The third-order valence-corrected chi connectivity index (χ3v) is 4.23. The number of hydrogen-bond acceptors (Lipinski definition) is 5. The SMILES string of the molecule is O=C(CSc1nc2ccccc2o1)NNC(=O)C1CCC1. The predicted molar refractivity (Wildman–Crippen MR) is 78.4 cm³/mol. The van der Waals surface area contributed by atoms with Gasteiger partial charge in [-0.1, -0.05) is 30.3 Å². The molecule has 6 nitrogen and oxygen atoms in total. The summed E-state index contributed by atoms with van der Waals surface area (Å²) >= 11 is 1.19. The molecule has 1 heterocycles. The molecular weight excluding hydrogens is 290 g/mol. The highest BCUT2D eigenvalue weighted by atomic mass is 32.2. The number of thioether (sulfide) groups is 1. The second-order valence-electron chi connectivity index (χ2n) is 4.90. The van der Waals surface area contributed by atoms with Crippen LogP contribution in [0.2, 0.25) is 0 Å². The average Bonchev–Trinajstić information content (AvgIpc) is 2.83. The molecular formula is C14H15N3O3S. The topological polar surface area (TPSA) is 84.2 Å². The fourth-order valence-corrected chi connectivity index (χ4v) is 2.62. The Bertz CT molecular complexity index is 633. The molecule has 7 heteroatoms. The fourth-order valence-electron chi connectivity index (χ4n) is 1.98. The lowest BCUT2D eigenvalue weighted by Gasteiger charge is -2.23. The van der Waals surface area contributed by atoms with Gasteiger partial charge in [0, 0.05) is 5.92 Å². The van der Waals surface area contributed by atoms with Gasteiger partial charge in [-0.25, -0.2) is 4.98 Å². The van der Waals surface area contributed by atoms with E-state index in [9.17, 15) is 9.59 Å². The van der Waals surface area contributed by atoms with Crippen molar-refractivity contribution in [2.45, 2.75) is 24.5 Å². The highest BCUT2D eigenvalue weighted by Crippen LogP contribution is 2.26. The number of para-hydroxylation sites is 2. The Hall–Kier alpha value is -2.02. The number of fused-ring (bicyclic) bond motifs is 1. The molecule has 2 aromatic rings. The number of hydrazine groups is 1. The first-order valence-corrected chi connectivity index (χ1v) is 7.78. The maximum atomic E-state index is 11.6. The summed E-state index contributed by atoms with van der Waals surface area (Å²) in [6.07, 6.45) is 2.89. The van der Waals surface area contributed by atoms with Crippen molar-refractivity contribution in [2.75, 3.05) is 5.75 Å². The zero-order chi connectivity index (χ0) is 14.7. The molecule has 1 aliphatic rings. The Labute approximate surface area is 125 Å². The summed E-state index contributed by atoms with van der Waals surface area (Å²) in [4.78, 5) is 27.5. The number of carbonyl (C=O) groups excluding carboxylic acids is 2. The first-order chi connectivity index (χ1) is 10.2. The van der Waals surface area contributed by atoms with E-state index >= 15 is 0 Å². The summed E-state index contributed by atoms with van der Waals surface area (Å²) in [7, 11) is 0. The molecule has 0 saturated heterocycles. The highest BCUT2D eigenvalue weighted by molar-refractivity contribution is 7.99. The Kier molecular flexibility index (Phi) is 4.10. The number of nitrogens with zero attached hydrogens (tertiary/aromatic N) is 1. The molecule has 0 radical (unpaired) electrons. The molecule has 110 valence electrons. The van der Waals surface area contributed by atoms with E-state index in [-0.39, 0.29) is 23.5 Å². The number of carbonyl (C=O) groups is 2. The van der Waals surface area contributed by atoms with Crippen molar-refractivity contribution in [2.24, 2.45) is 5.92 Å². The van der Waals surface area contributed by atoms with Gasteiger partial charge in [0.15, 0.2) is 5.58 Å². The zero-order valence-corrected chi connectivity index (χ0v) is 12.1. The van der Waals surface area contributed by atoms with Crippen molar-refractivity contribution in [3.05, 3.63) is 24.3 Å². The molecule has 0 bridgehead atoms. The predicted octanol–water partition coefficient (Wildman–Crippen LogP) is 1.87. The van der Waals surface area contributed by atoms with Crippen molar-refractivity contribution in [3.8, 4) is 0 Å². The number of aromatic nitrogens is 1. The summed E-state index contributed by atoms with van der Waals surface area (Å²) in [5.41, 5.74) is 6.31. The van der Waals surface area contributed by atoms with Crippen LogP contribution in [0.1, 0.15) is 19.3 Å². The van der Waals surface area contributed by atoms with Crippen LogP contribution in [-0.4, -0.2) is 22.6 Å². The van der Waals surface area contributed by atoms with E-state index in [2.05, 4.69) is 15.8 Å². The van der Waals surface area contributed by atoms with E-state index in [0.717, 1.165) is 24.8 Å². The van der Waals surface area contributed by atoms with Crippen LogP contribution in [0.4, 0.5) is 0 Å². The Morgan fingerprint density at radius 1 is 1.29 bits per heavy atom. The third-order valence-electron chi connectivity index (χ3n) is 3.40. The lowest BCUT2D eigenvalue weighted by atomic mass is 9.85. The minimum atomic E-state index is -0.282. The molecule has 3 rings (SSSR count). The molecule has 1 fully saturated rings. The second-order valence-corrected chi connectivity index (χ2v) is 5.83. The minimum Gasteiger partial charge on any atom is -0.431 e. The second kappa shape index (κ2) is 6.17. The molecule has 0 atom stereocenters. The molecule has 21 heavy (non-hydrogen) atoms. The number of benzene rings is 1. The standard InChI is InChI=1S/C14H15N3O3S/c18-12(16-17-13(19)9-4-3-5-9)8-21-14-15-10-6-1-2-7-11(10)20-14/h1-2,6-7,9H,3-5,8H2,(H,16,18)(H,17,19). The Morgan fingerprint density at radius 2 is 2.10 bits per heavy atom. The largest absolute Gasteiger partial charge is 0.431 e.